The molecule has 0 atom stereocenters. The van der Waals surface area contributed by atoms with Gasteiger partial charge in [0.2, 0.25) is 0 Å². The van der Waals surface area contributed by atoms with Gasteiger partial charge in [0.15, 0.2) is 0 Å². The number of hydrogen-bond donors (Lipinski definition) is 0. The average molecular weight is 353 g/mol. The van der Waals surface area contributed by atoms with Crippen LogP contribution in [0.15, 0.2) is 0 Å². The van der Waals surface area contributed by atoms with E-state index in [1.165, 1.54) is 11.0 Å². The van der Waals surface area contributed by atoms with Gasteiger partial charge in [-0.15, -0.1) is 0 Å². The lowest BCUT2D eigenvalue weighted by Gasteiger charge is -2.36. The van der Waals surface area contributed by atoms with Crippen LogP contribution in [0.1, 0.15) is 83.1 Å². The highest BCUT2D eigenvalue weighted by atomic mass is 32.2. The minimum atomic E-state index is -0.382. The van der Waals surface area contributed by atoms with E-state index in [4.69, 9.17) is 0 Å². The molecule has 0 N–H and O–H groups in total. The monoisotopic (exact) mass is 352 g/mol. The van der Waals surface area contributed by atoms with Crippen molar-refractivity contribution in [3.63, 3.8) is 0 Å². The zero-order valence-corrected chi connectivity index (χ0v) is 19.6. The highest BCUT2D eigenvalue weighted by Gasteiger charge is 2.45. The van der Waals surface area contributed by atoms with Crippen molar-refractivity contribution in [3.05, 3.63) is 0 Å². The predicted molar refractivity (Wildman–Crippen MR) is 113 cm³/mol. The maximum absolute atomic E-state index is 2.45. The van der Waals surface area contributed by atoms with E-state index in [2.05, 4.69) is 94.8 Å². The summed E-state index contributed by atoms with van der Waals surface area (Å²) in [6.45, 7) is 29.4. The fraction of sp³-hybridized carbons (Fsp3) is 1.00. The first-order valence-electron chi connectivity index (χ1n) is 8.28. The van der Waals surface area contributed by atoms with Crippen LogP contribution < -0.4 is 0 Å². The minimum absolute atomic E-state index is 0.382. The average Bonchev–Trinajstić information content (AvgIpc) is 2.07. The van der Waals surface area contributed by atoms with Crippen LogP contribution in [0.4, 0.5) is 0 Å². The highest BCUT2D eigenvalue weighted by Crippen LogP contribution is 2.65. The first kappa shape index (κ1) is 22.2. The molecule has 0 fully saturated rings. The molecule has 21 heavy (non-hydrogen) atoms. The Morgan fingerprint density at radius 2 is 0.667 bits per heavy atom. The first-order chi connectivity index (χ1) is 8.97. The van der Waals surface area contributed by atoms with Gasteiger partial charge in [0, 0.05) is 15.8 Å². The summed E-state index contributed by atoms with van der Waals surface area (Å²) in [6, 6.07) is 0. The zero-order valence-electron chi connectivity index (χ0n) is 16.8. The summed E-state index contributed by atoms with van der Waals surface area (Å²) in [5.74, 6) is 0. The second-order valence-corrected chi connectivity index (χ2v) is 21.1. The van der Waals surface area contributed by atoms with Gasteiger partial charge in [-0.05, 0) is 83.1 Å². The number of rotatable bonds is 4. The number of thioether (sulfide) groups is 1. The molecule has 0 spiro atoms. The Balaban J connectivity index is 4.84. The van der Waals surface area contributed by atoms with E-state index in [0.717, 1.165) is 0 Å². The van der Waals surface area contributed by atoms with Crippen molar-refractivity contribution >= 4 is 27.6 Å². The Hall–Kier alpha value is 1.21. The first-order valence-corrected chi connectivity index (χ1v) is 12.9. The lowest BCUT2D eigenvalue weighted by molar-refractivity contribution is 0.709. The third-order valence-electron chi connectivity index (χ3n) is 4.11. The molecule has 128 valence electrons. The Morgan fingerprint density at radius 1 is 0.476 bits per heavy atom. The zero-order chi connectivity index (χ0) is 17.3. The number of hydrogen-bond acceptors (Lipinski definition) is 1. The van der Waals surface area contributed by atoms with E-state index < -0.39 is 0 Å². The van der Waals surface area contributed by atoms with Gasteiger partial charge >= 0.3 is 0 Å². The largest absolute Gasteiger partial charge is 0.106 e. The highest BCUT2D eigenvalue weighted by molar-refractivity contribution is 8.09. The van der Waals surface area contributed by atoms with Crippen molar-refractivity contribution in [2.75, 3.05) is 11.0 Å². The molecule has 0 radical (unpaired) electrons. The summed E-state index contributed by atoms with van der Waals surface area (Å²) >= 11 is 2.27. The molecule has 0 aromatic carbocycles. The van der Waals surface area contributed by atoms with Crippen molar-refractivity contribution < 1.29 is 0 Å². The van der Waals surface area contributed by atoms with Crippen LogP contribution in [0, 0.1) is 0 Å². The second-order valence-electron chi connectivity index (χ2n) is 10.4. The lowest BCUT2D eigenvalue weighted by atomic mass is 10.2. The van der Waals surface area contributed by atoms with E-state index in [1.54, 1.807) is 0 Å². The van der Waals surface area contributed by atoms with E-state index in [0.29, 0.717) is 20.6 Å². The van der Waals surface area contributed by atoms with Crippen molar-refractivity contribution in [3.8, 4) is 0 Å². The van der Waals surface area contributed by atoms with Crippen LogP contribution in [0.3, 0.4) is 0 Å². The van der Waals surface area contributed by atoms with Gasteiger partial charge < -0.3 is 0 Å². The quantitative estimate of drug-likeness (QED) is 0.480. The Bertz CT molecular complexity index is 250. The Kier molecular flexibility index (Phi) is 7.83. The van der Waals surface area contributed by atoms with Crippen LogP contribution >= 0.6 is 27.6 Å². The minimum Gasteiger partial charge on any atom is -0.0812 e. The molecule has 0 bridgehead atoms. The van der Waals surface area contributed by atoms with Gasteiger partial charge in [-0.1, -0.05) is 11.8 Å². The maximum atomic E-state index is 2.45. The summed E-state index contributed by atoms with van der Waals surface area (Å²) in [5.41, 5.74) is 2.80. The maximum Gasteiger partial charge on any atom is 0.106 e. The fourth-order valence-corrected chi connectivity index (χ4v) is 17.8. The molecule has 0 unspecified atom stereocenters. The molecule has 0 aliphatic carbocycles. The molecular weight excluding hydrogens is 310 g/mol. The Morgan fingerprint density at radius 3 is 0.810 bits per heavy atom. The van der Waals surface area contributed by atoms with Crippen LogP contribution in [0.5, 0.6) is 0 Å². The molecule has 0 aromatic heterocycles. The SMILES string of the molecule is CC(C)(C)[PH+](CSC[PH+](C(C)(C)C)C(C)(C)C)C(C)(C)C. The third kappa shape index (κ3) is 8.04. The topological polar surface area (TPSA) is 0 Å². The molecule has 0 saturated heterocycles. The van der Waals surface area contributed by atoms with Gasteiger partial charge in [0.1, 0.15) is 11.0 Å². The molecule has 0 amide bonds. The van der Waals surface area contributed by atoms with E-state index in [1.807, 2.05) is 0 Å². The smallest absolute Gasteiger partial charge is 0.0812 e. The normalized spacial score (nSPS) is 15.1. The lowest BCUT2D eigenvalue weighted by Crippen LogP contribution is -2.27. The fourth-order valence-electron chi connectivity index (χ4n) is 3.37. The summed E-state index contributed by atoms with van der Waals surface area (Å²) < 4.78 is 0. The van der Waals surface area contributed by atoms with Gasteiger partial charge in [0.05, 0.1) is 20.6 Å². The second kappa shape index (κ2) is 7.40. The molecule has 3 heteroatoms. The van der Waals surface area contributed by atoms with E-state index in [-0.39, 0.29) is 15.8 Å². The molecule has 0 rings (SSSR count). The van der Waals surface area contributed by atoms with E-state index in [9.17, 15) is 0 Å². The van der Waals surface area contributed by atoms with Crippen LogP contribution in [0.2, 0.25) is 0 Å². The van der Waals surface area contributed by atoms with Crippen molar-refractivity contribution in [2.24, 2.45) is 0 Å². The van der Waals surface area contributed by atoms with Crippen LogP contribution in [-0.2, 0) is 0 Å². The summed E-state index contributed by atoms with van der Waals surface area (Å²) in [4.78, 5) is 0. The molecule has 0 aliphatic rings. The van der Waals surface area contributed by atoms with Crippen molar-refractivity contribution in [1.82, 2.24) is 0 Å². The standard InChI is InChI=1S/C18H40P2S/c1-15(2,3)19(16(4,5)6)13-21-14-20(17(7,8)9)18(10,11)12/h13-14H2,1-12H3/p+2. The summed E-state index contributed by atoms with van der Waals surface area (Å²) in [7, 11) is -0.764. The van der Waals surface area contributed by atoms with Crippen LogP contribution in [-0.4, -0.2) is 31.6 Å². The summed E-state index contributed by atoms with van der Waals surface area (Å²) in [5, 5.41) is 1.97. The molecule has 0 aromatic rings. The van der Waals surface area contributed by atoms with Gasteiger partial charge in [0.25, 0.3) is 0 Å². The molecule has 0 nitrogen and oxygen atoms in total. The van der Waals surface area contributed by atoms with Crippen molar-refractivity contribution in [2.45, 2.75) is 104 Å². The third-order valence-corrected chi connectivity index (χ3v) is 15.3. The van der Waals surface area contributed by atoms with Crippen LogP contribution in [0.25, 0.3) is 0 Å². The molecule has 0 saturated carbocycles. The summed E-state index contributed by atoms with van der Waals surface area (Å²) in [6.07, 6.45) is 0. The van der Waals surface area contributed by atoms with Gasteiger partial charge in [-0.2, -0.15) is 0 Å². The molecule has 0 aliphatic heterocycles. The molecular formula is C18H42P2S+2. The van der Waals surface area contributed by atoms with E-state index >= 15 is 0 Å². The predicted octanol–water partition coefficient (Wildman–Crippen LogP) is 7.26. The Labute approximate surface area is 142 Å². The van der Waals surface area contributed by atoms with Gasteiger partial charge in [-0.3, -0.25) is 0 Å². The van der Waals surface area contributed by atoms with Crippen molar-refractivity contribution in [1.29, 1.82) is 0 Å². The molecule has 0 heterocycles. The van der Waals surface area contributed by atoms with Gasteiger partial charge in [-0.25, -0.2) is 0 Å².